The molecule has 7 heteroatoms. The lowest BCUT2D eigenvalue weighted by molar-refractivity contribution is -0.111. The molecule has 27 heavy (non-hydrogen) atoms. The van der Waals surface area contributed by atoms with Crippen molar-refractivity contribution in [2.24, 2.45) is 4.99 Å². The predicted octanol–water partition coefficient (Wildman–Crippen LogP) is 1.97. The van der Waals surface area contributed by atoms with Crippen LogP contribution in [0, 0.1) is 0 Å². The highest BCUT2D eigenvalue weighted by Gasteiger charge is 2.19. The van der Waals surface area contributed by atoms with Gasteiger partial charge in [0, 0.05) is 29.7 Å². The van der Waals surface area contributed by atoms with Crippen LogP contribution in [0.1, 0.15) is 0 Å². The Hall–Kier alpha value is -3.58. The van der Waals surface area contributed by atoms with Crippen molar-refractivity contribution in [2.45, 2.75) is 0 Å². The van der Waals surface area contributed by atoms with Gasteiger partial charge in [-0.05, 0) is 54.6 Å². The fourth-order valence-corrected chi connectivity index (χ4v) is 2.50. The predicted molar refractivity (Wildman–Crippen MR) is 109 cm³/mol. The van der Waals surface area contributed by atoms with Crippen LogP contribution in [-0.2, 0) is 4.79 Å². The van der Waals surface area contributed by atoms with Crippen LogP contribution in [0.3, 0.4) is 0 Å². The quantitative estimate of drug-likeness (QED) is 0.395. The molecule has 0 saturated heterocycles. The summed E-state index contributed by atoms with van der Waals surface area (Å²) >= 11 is 0. The molecule has 0 atom stereocenters. The third-order valence-electron chi connectivity index (χ3n) is 3.86. The molecule has 0 heterocycles. The second kappa shape index (κ2) is 8.20. The van der Waals surface area contributed by atoms with E-state index in [1.807, 2.05) is 0 Å². The number of ketones is 1. The zero-order valence-corrected chi connectivity index (χ0v) is 14.6. The Morgan fingerprint density at radius 3 is 2.15 bits per heavy atom. The summed E-state index contributed by atoms with van der Waals surface area (Å²) in [5.41, 5.74) is 15.7. The van der Waals surface area contributed by atoms with Crippen LogP contribution in [0.5, 0.6) is 0 Å². The minimum absolute atomic E-state index is 0.0546. The summed E-state index contributed by atoms with van der Waals surface area (Å²) in [5, 5.41) is 15.2. The van der Waals surface area contributed by atoms with Gasteiger partial charge in [0.25, 0.3) is 0 Å². The Morgan fingerprint density at radius 1 is 0.889 bits per heavy atom. The molecule has 0 spiro atoms. The Kier molecular flexibility index (Phi) is 5.53. The lowest BCUT2D eigenvalue weighted by Gasteiger charge is -2.18. The van der Waals surface area contributed by atoms with Gasteiger partial charge in [0.05, 0.1) is 29.4 Å². The van der Waals surface area contributed by atoms with E-state index in [9.17, 15) is 4.79 Å². The molecule has 0 aliphatic heterocycles. The maximum absolute atomic E-state index is 12.5. The first-order valence-corrected chi connectivity index (χ1v) is 8.45. The molecule has 1 aliphatic rings. The van der Waals surface area contributed by atoms with Crippen molar-refractivity contribution in [1.82, 2.24) is 5.32 Å². The van der Waals surface area contributed by atoms with Crippen molar-refractivity contribution < 1.29 is 9.90 Å². The smallest absolute Gasteiger partial charge is 0.204 e. The van der Waals surface area contributed by atoms with Crippen LogP contribution in [0.25, 0.3) is 0 Å². The molecule has 0 bridgehead atoms. The first-order valence-electron chi connectivity index (χ1n) is 8.45. The van der Waals surface area contributed by atoms with Crippen molar-refractivity contribution in [3.63, 3.8) is 0 Å². The Labute approximate surface area is 157 Å². The monoisotopic (exact) mass is 363 g/mol. The first-order chi connectivity index (χ1) is 13.0. The van der Waals surface area contributed by atoms with E-state index < -0.39 is 0 Å². The number of anilines is 3. The molecular formula is C20H21N5O2. The van der Waals surface area contributed by atoms with Crippen molar-refractivity contribution >= 4 is 34.2 Å². The summed E-state index contributed by atoms with van der Waals surface area (Å²) in [6.07, 6.45) is 3.14. The normalized spacial score (nSPS) is 15.3. The van der Waals surface area contributed by atoms with Crippen molar-refractivity contribution in [2.75, 3.05) is 29.9 Å². The number of hydrogen-bond acceptors (Lipinski definition) is 7. The maximum Gasteiger partial charge on any atom is 0.204 e. The number of carbonyl (C=O) groups is 1. The lowest BCUT2D eigenvalue weighted by atomic mass is 10.0. The standard InChI is InChI=1S/C20H21N5O2/c21-13-1-5-15(6-2-13)24-18-11-19(20(27)12-17(18)23-9-10-26)25-16-7-3-14(22)4-8-16/h1-8,11-12,23,25-26H,9-10,21-22H2/b24-18-. The molecule has 0 amide bonds. The highest BCUT2D eigenvalue weighted by atomic mass is 16.3. The summed E-state index contributed by atoms with van der Waals surface area (Å²) in [4.78, 5) is 17.1. The van der Waals surface area contributed by atoms with Crippen LogP contribution < -0.4 is 22.1 Å². The Morgan fingerprint density at radius 2 is 1.52 bits per heavy atom. The molecule has 3 rings (SSSR count). The van der Waals surface area contributed by atoms with Crippen molar-refractivity contribution in [1.29, 1.82) is 0 Å². The Balaban J connectivity index is 1.92. The minimum atomic E-state index is -0.191. The lowest BCUT2D eigenvalue weighted by Crippen LogP contribution is -2.28. The maximum atomic E-state index is 12.5. The summed E-state index contributed by atoms with van der Waals surface area (Å²) in [7, 11) is 0. The minimum Gasteiger partial charge on any atom is -0.399 e. The van der Waals surface area contributed by atoms with Gasteiger partial charge in [-0.1, -0.05) is 0 Å². The topological polar surface area (TPSA) is 126 Å². The summed E-state index contributed by atoms with van der Waals surface area (Å²) in [6.45, 7) is 0.259. The number of nitrogens with two attached hydrogens (primary N) is 2. The molecule has 0 saturated carbocycles. The highest BCUT2D eigenvalue weighted by Crippen LogP contribution is 2.21. The van der Waals surface area contributed by atoms with E-state index >= 15 is 0 Å². The second-order valence-corrected chi connectivity index (χ2v) is 5.97. The highest BCUT2D eigenvalue weighted by molar-refractivity contribution is 6.23. The van der Waals surface area contributed by atoms with E-state index in [4.69, 9.17) is 16.6 Å². The molecule has 1 aliphatic carbocycles. The number of aliphatic imine (C=N–C) groups is 1. The van der Waals surface area contributed by atoms with Crippen LogP contribution >= 0.6 is 0 Å². The number of carbonyl (C=O) groups excluding carboxylic acids is 1. The number of rotatable bonds is 6. The largest absolute Gasteiger partial charge is 0.399 e. The fourth-order valence-electron chi connectivity index (χ4n) is 2.50. The number of nitrogen functional groups attached to an aromatic ring is 2. The van der Waals surface area contributed by atoms with Gasteiger partial charge in [0.15, 0.2) is 0 Å². The van der Waals surface area contributed by atoms with Crippen LogP contribution in [0.4, 0.5) is 22.7 Å². The third kappa shape index (κ3) is 4.74. The molecular weight excluding hydrogens is 342 g/mol. The van der Waals surface area contributed by atoms with Gasteiger partial charge in [-0.15, -0.1) is 0 Å². The van der Waals surface area contributed by atoms with Crippen LogP contribution in [-0.4, -0.2) is 29.8 Å². The van der Waals surface area contributed by atoms with Crippen LogP contribution in [0.2, 0.25) is 0 Å². The summed E-state index contributed by atoms with van der Waals surface area (Å²) in [6, 6.07) is 14.2. The van der Waals surface area contributed by atoms with Gasteiger partial charge in [-0.3, -0.25) is 4.79 Å². The van der Waals surface area contributed by atoms with Crippen molar-refractivity contribution in [3.8, 4) is 0 Å². The van der Waals surface area contributed by atoms with E-state index in [2.05, 4.69) is 15.6 Å². The summed E-state index contributed by atoms with van der Waals surface area (Å²) in [5.74, 6) is -0.191. The molecule has 0 aromatic heterocycles. The van der Waals surface area contributed by atoms with Gasteiger partial charge in [-0.25, -0.2) is 4.99 Å². The number of allylic oxidation sites excluding steroid dienone is 2. The molecule has 138 valence electrons. The van der Waals surface area contributed by atoms with Gasteiger partial charge >= 0.3 is 0 Å². The second-order valence-electron chi connectivity index (χ2n) is 5.97. The molecule has 7 nitrogen and oxygen atoms in total. The third-order valence-corrected chi connectivity index (χ3v) is 3.86. The van der Waals surface area contributed by atoms with Gasteiger partial charge in [0.2, 0.25) is 5.78 Å². The van der Waals surface area contributed by atoms with Crippen molar-refractivity contribution in [3.05, 3.63) is 72.1 Å². The number of benzene rings is 2. The van der Waals surface area contributed by atoms with Crippen LogP contribution in [0.15, 0.2) is 77.1 Å². The van der Waals surface area contributed by atoms with E-state index in [0.717, 1.165) is 5.69 Å². The average Bonchev–Trinajstić information content (AvgIpc) is 2.66. The van der Waals surface area contributed by atoms with E-state index in [1.54, 1.807) is 54.6 Å². The number of aliphatic hydroxyl groups excluding tert-OH is 1. The average molecular weight is 363 g/mol. The van der Waals surface area contributed by atoms with Gasteiger partial charge < -0.3 is 27.2 Å². The van der Waals surface area contributed by atoms with Gasteiger partial charge in [0.1, 0.15) is 0 Å². The van der Waals surface area contributed by atoms with Gasteiger partial charge in [-0.2, -0.15) is 0 Å². The molecule has 2 aromatic rings. The molecule has 2 aromatic carbocycles. The number of aliphatic hydroxyl groups is 1. The zero-order chi connectivity index (χ0) is 19.2. The SMILES string of the molecule is Nc1ccc(/N=C2/C=C(Nc3ccc(N)cc3)C(=O)C=C2NCCO)cc1. The number of nitrogens with zero attached hydrogens (tertiary/aromatic N) is 1. The van der Waals surface area contributed by atoms with E-state index in [1.165, 1.54) is 6.08 Å². The number of hydrogen-bond donors (Lipinski definition) is 5. The molecule has 0 radical (unpaired) electrons. The fraction of sp³-hybridized carbons (Fsp3) is 0.100. The first kappa shape index (κ1) is 18.2. The van der Waals surface area contributed by atoms with E-state index in [-0.39, 0.29) is 12.4 Å². The molecule has 0 unspecified atom stereocenters. The molecule has 7 N–H and O–H groups in total. The number of nitrogens with one attached hydrogen (secondary N) is 2. The van der Waals surface area contributed by atoms with E-state index in [0.29, 0.717) is 40.7 Å². The Bertz CT molecular complexity index is 912. The zero-order valence-electron chi connectivity index (χ0n) is 14.6. The summed E-state index contributed by atoms with van der Waals surface area (Å²) < 4.78 is 0. The molecule has 0 fully saturated rings.